The van der Waals surface area contributed by atoms with Crippen molar-refractivity contribution >= 4 is 5.97 Å². The minimum absolute atomic E-state index is 0.0188. The molecule has 1 rings (SSSR count). The van der Waals surface area contributed by atoms with E-state index in [0.29, 0.717) is 11.3 Å². The van der Waals surface area contributed by atoms with E-state index in [-0.39, 0.29) is 18.6 Å². The minimum atomic E-state index is -1.14. The van der Waals surface area contributed by atoms with Crippen LogP contribution in [0.5, 0.6) is 5.75 Å². The van der Waals surface area contributed by atoms with Crippen LogP contribution in [0.4, 0.5) is 4.39 Å². The zero-order valence-electron chi connectivity index (χ0n) is 8.56. The second-order valence-electron chi connectivity index (χ2n) is 3.39. The molecule has 0 radical (unpaired) electrons. The van der Waals surface area contributed by atoms with Gasteiger partial charge in [0, 0.05) is 18.5 Å². The van der Waals surface area contributed by atoms with Crippen LogP contribution in [-0.4, -0.2) is 33.9 Å². The number of carboxylic acids is 1. The number of alkyl halides is 1. The highest BCUT2D eigenvalue weighted by atomic mass is 19.1. The van der Waals surface area contributed by atoms with Gasteiger partial charge in [0.2, 0.25) is 0 Å². The van der Waals surface area contributed by atoms with E-state index >= 15 is 0 Å². The monoisotopic (exact) mass is 228 g/mol. The summed E-state index contributed by atoms with van der Waals surface area (Å²) in [7, 11) is 0. The molecule has 1 heterocycles. The van der Waals surface area contributed by atoms with Crippen molar-refractivity contribution in [1.82, 2.24) is 4.98 Å². The number of hydrogen-bond acceptors (Lipinski definition) is 4. The van der Waals surface area contributed by atoms with Crippen LogP contribution in [-0.2, 0) is 17.6 Å². The summed E-state index contributed by atoms with van der Waals surface area (Å²) in [5.41, 5.74) is 6.25. The number of aromatic hydroxyl groups is 1. The SMILES string of the molecule is N[C@H](Cc1ncc(O)cc1CCF)C(=O)O. The second kappa shape index (κ2) is 5.41. The van der Waals surface area contributed by atoms with Crippen LogP contribution in [0.1, 0.15) is 11.3 Å². The molecule has 0 aliphatic carbocycles. The van der Waals surface area contributed by atoms with E-state index in [4.69, 9.17) is 10.8 Å². The van der Waals surface area contributed by atoms with Crippen LogP contribution in [0.15, 0.2) is 12.3 Å². The molecule has 88 valence electrons. The molecule has 0 spiro atoms. The quantitative estimate of drug-likeness (QED) is 0.671. The van der Waals surface area contributed by atoms with Gasteiger partial charge in [-0.25, -0.2) is 0 Å². The van der Waals surface area contributed by atoms with Gasteiger partial charge in [0.1, 0.15) is 11.8 Å². The Morgan fingerprint density at radius 3 is 2.88 bits per heavy atom. The maximum absolute atomic E-state index is 12.2. The van der Waals surface area contributed by atoms with Crippen LogP contribution >= 0.6 is 0 Å². The molecule has 4 N–H and O–H groups in total. The molecule has 1 aromatic heterocycles. The molecule has 0 bridgehead atoms. The molecular formula is C10H13FN2O3. The van der Waals surface area contributed by atoms with E-state index in [1.54, 1.807) is 0 Å². The summed E-state index contributed by atoms with van der Waals surface area (Å²) < 4.78 is 12.2. The van der Waals surface area contributed by atoms with Gasteiger partial charge >= 0.3 is 5.97 Å². The van der Waals surface area contributed by atoms with E-state index in [9.17, 15) is 14.3 Å². The number of halogens is 1. The Morgan fingerprint density at radius 2 is 2.31 bits per heavy atom. The van der Waals surface area contributed by atoms with Gasteiger partial charge in [-0.15, -0.1) is 0 Å². The summed E-state index contributed by atoms with van der Waals surface area (Å²) in [6.45, 7) is -0.597. The molecule has 0 saturated carbocycles. The largest absolute Gasteiger partial charge is 0.506 e. The van der Waals surface area contributed by atoms with Crippen molar-refractivity contribution in [3.63, 3.8) is 0 Å². The minimum Gasteiger partial charge on any atom is -0.506 e. The highest BCUT2D eigenvalue weighted by Gasteiger charge is 2.15. The average Bonchev–Trinajstić information content (AvgIpc) is 2.22. The first-order valence-electron chi connectivity index (χ1n) is 4.75. The summed E-state index contributed by atoms with van der Waals surface area (Å²) >= 11 is 0. The fourth-order valence-electron chi connectivity index (χ4n) is 1.32. The van der Waals surface area contributed by atoms with E-state index in [1.165, 1.54) is 12.3 Å². The number of aliphatic carboxylic acids is 1. The summed E-state index contributed by atoms with van der Waals surface area (Å²) in [6.07, 6.45) is 1.29. The number of nitrogens with two attached hydrogens (primary N) is 1. The molecule has 0 unspecified atom stereocenters. The third kappa shape index (κ3) is 3.16. The molecule has 0 fully saturated rings. The lowest BCUT2D eigenvalue weighted by atomic mass is 10.0. The van der Waals surface area contributed by atoms with Gasteiger partial charge in [0.05, 0.1) is 12.9 Å². The fourth-order valence-corrected chi connectivity index (χ4v) is 1.32. The first-order chi connectivity index (χ1) is 7.54. The van der Waals surface area contributed by atoms with Gasteiger partial charge in [-0.3, -0.25) is 14.2 Å². The number of hydrogen-bond donors (Lipinski definition) is 3. The van der Waals surface area contributed by atoms with Crippen molar-refractivity contribution in [3.8, 4) is 5.75 Å². The third-order valence-electron chi connectivity index (χ3n) is 2.14. The van der Waals surface area contributed by atoms with Crippen molar-refractivity contribution < 1.29 is 19.4 Å². The van der Waals surface area contributed by atoms with Crippen LogP contribution in [0.3, 0.4) is 0 Å². The number of pyridine rings is 1. The lowest BCUT2D eigenvalue weighted by molar-refractivity contribution is -0.138. The Labute approximate surface area is 91.7 Å². The first kappa shape index (κ1) is 12.4. The lowest BCUT2D eigenvalue weighted by Crippen LogP contribution is -2.33. The van der Waals surface area contributed by atoms with E-state index in [0.717, 1.165) is 0 Å². The Balaban J connectivity index is 2.89. The van der Waals surface area contributed by atoms with Gasteiger partial charge < -0.3 is 15.9 Å². The van der Waals surface area contributed by atoms with Crippen LogP contribution < -0.4 is 5.73 Å². The highest BCUT2D eigenvalue weighted by Crippen LogP contribution is 2.15. The molecule has 5 nitrogen and oxygen atoms in total. The van der Waals surface area contributed by atoms with Crippen LogP contribution in [0, 0.1) is 0 Å². The molecule has 0 amide bonds. The zero-order valence-corrected chi connectivity index (χ0v) is 8.56. The summed E-state index contributed by atoms with van der Waals surface area (Å²) in [6, 6.07) is 0.298. The van der Waals surface area contributed by atoms with Crippen LogP contribution in [0.2, 0.25) is 0 Å². The standard InChI is InChI=1S/C10H13FN2O3/c11-2-1-6-3-7(14)5-13-9(6)4-8(12)10(15)16/h3,5,8,14H,1-2,4,12H2,(H,15,16)/t8-/m1/s1. The summed E-state index contributed by atoms with van der Waals surface area (Å²) in [5.74, 6) is -1.21. The third-order valence-corrected chi connectivity index (χ3v) is 2.14. The summed E-state index contributed by atoms with van der Waals surface area (Å²) in [5, 5.41) is 17.8. The first-order valence-corrected chi connectivity index (χ1v) is 4.75. The van der Waals surface area contributed by atoms with E-state index in [1.807, 2.05) is 0 Å². The molecule has 0 saturated heterocycles. The number of rotatable bonds is 5. The predicted molar refractivity (Wildman–Crippen MR) is 54.9 cm³/mol. The Morgan fingerprint density at radius 1 is 1.62 bits per heavy atom. The van der Waals surface area contributed by atoms with Gasteiger partial charge in [-0.2, -0.15) is 0 Å². The molecule has 0 aliphatic rings. The van der Waals surface area contributed by atoms with Gasteiger partial charge in [0.15, 0.2) is 0 Å². The average molecular weight is 228 g/mol. The zero-order chi connectivity index (χ0) is 12.1. The fraction of sp³-hybridized carbons (Fsp3) is 0.400. The van der Waals surface area contributed by atoms with Crippen molar-refractivity contribution in [2.24, 2.45) is 5.73 Å². The molecule has 0 aromatic carbocycles. The molecule has 16 heavy (non-hydrogen) atoms. The number of carbonyl (C=O) groups is 1. The molecular weight excluding hydrogens is 215 g/mol. The molecule has 1 atom stereocenters. The number of aromatic nitrogens is 1. The van der Waals surface area contributed by atoms with Crippen molar-refractivity contribution in [2.45, 2.75) is 18.9 Å². The Hall–Kier alpha value is -1.69. The molecule has 0 aliphatic heterocycles. The van der Waals surface area contributed by atoms with Crippen molar-refractivity contribution in [1.29, 1.82) is 0 Å². The van der Waals surface area contributed by atoms with Gasteiger partial charge in [-0.05, 0) is 11.6 Å². The second-order valence-corrected chi connectivity index (χ2v) is 3.39. The number of nitrogens with zero attached hydrogens (tertiary/aromatic N) is 1. The summed E-state index contributed by atoms with van der Waals surface area (Å²) in [4.78, 5) is 14.4. The number of carboxylic acid groups (broad SMARTS) is 1. The maximum Gasteiger partial charge on any atom is 0.320 e. The van der Waals surface area contributed by atoms with Gasteiger partial charge in [0.25, 0.3) is 0 Å². The number of aryl methyl sites for hydroxylation is 1. The van der Waals surface area contributed by atoms with E-state index < -0.39 is 18.7 Å². The lowest BCUT2D eigenvalue weighted by Gasteiger charge is -2.10. The Bertz CT molecular complexity index is 384. The topological polar surface area (TPSA) is 96.4 Å². The molecule has 1 aromatic rings. The normalized spacial score (nSPS) is 12.4. The van der Waals surface area contributed by atoms with Gasteiger partial charge in [-0.1, -0.05) is 0 Å². The highest BCUT2D eigenvalue weighted by molar-refractivity contribution is 5.73. The van der Waals surface area contributed by atoms with Crippen molar-refractivity contribution in [2.75, 3.05) is 6.67 Å². The smallest absolute Gasteiger partial charge is 0.320 e. The Kier molecular flexibility index (Phi) is 4.19. The van der Waals surface area contributed by atoms with E-state index in [2.05, 4.69) is 4.98 Å². The maximum atomic E-state index is 12.2. The van der Waals surface area contributed by atoms with Crippen molar-refractivity contribution in [3.05, 3.63) is 23.5 Å². The molecule has 6 heteroatoms. The predicted octanol–water partition coefficient (Wildman–Crippen LogP) is 0.254. The van der Waals surface area contributed by atoms with Crippen LogP contribution in [0.25, 0.3) is 0 Å².